The lowest BCUT2D eigenvalue weighted by atomic mass is 10.2. The third-order valence-electron chi connectivity index (χ3n) is 2.97. The van der Waals surface area contributed by atoms with Crippen molar-refractivity contribution in [1.29, 1.82) is 0 Å². The monoisotopic (exact) mass is 292 g/mol. The first kappa shape index (κ1) is 14.6. The molecule has 0 aliphatic rings. The van der Waals surface area contributed by atoms with E-state index in [0.29, 0.717) is 18.2 Å². The molecule has 20 heavy (non-hydrogen) atoms. The van der Waals surface area contributed by atoms with Gasteiger partial charge < -0.3 is 4.74 Å². The Kier molecular flexibility index (Phi) is 4.79. The molecule has 0 radical (unpaired) electrons. The van der Waals surface area contributed by atoms with Crippen molar-refractivity contribution < 1.29 is 9.53 Å². The normalized spacial score (nSPS) is 12.2. The topological polar surface area (TPSA) is 44.1 Å². The van der Waals surface area contributed by atoms with Crippen LogP contribution < -0.4 is 0 Å². The number of hydrogen-bond acceptors (Lipinski definition) is 3. The number of nitrogens with zero attached hydrogens (tertiary/aromatic N) is 2. The summed E-state index contributed by atoms with van der Waals surface area (Å²) in [6, 6.07) is 9.61. The maximum atomic E-state index is 11.9. The lowest BCUT2D eigenvalue weighted by molar-refractivity contribution is -0.149. The highest BCUT2D eigenvalue weighted by Crippen LogP contribution is 2.14. The quantitative estimate of drug-likeness (QED) is 0.795. The summed E-state index contributed by atoms with van der Waals surface area (Å²) in [4.78, 5) is 11.9. The molecule has 2 aromatic rings. The molecule has 0 N–H and O–H groups in total. The average Bonchev–Trinajstić information content (AvgIpc) is 2.75. The third kappa shape index (κ3) is 3.84. The van der Waals surface area contributed by atoms with Gasteiger partial charge in [-0.3, -0.25) is 9.48 Å². The Morgan fingerprint density at radius 2 is 2.10 bits per heavy atom. The second-order valence-corrected chi connectivity index (χ2v) is 5.19. The molecule has 1 unspecified atom stereocenters. The van der Waals surface area contributed by atoms with Crippen molar-refractivity contribution in [1.82, 2.24) is 9.78 Å². The van der Waals surface area contributed by atoms with Crippen molar-refractivity contribution in [2.24, 2.45) is 5.92 Å². The maximum absolute atomic E-state index is 11.9. The van der Waals surface area contributed by atoms with Crippen molar-refractivity contribution in [2.45, 2.75) is 27.0 Å². The number of carbonyl (C=O) groups is 1. The zero-order valence-electron chi connectivity index (χ0n) is 11.5. The van der Waals surface area contributed by atoms with Crippen LogP contribution in [0.1, 0.15) is 18.2 Å². The van der Waals surface area contributed by atoms with Crippen LogP contribution >= 0.6 is 11.6 Å². The Hall–Kier alpha value is -1.81. The van der Waals surface area contributed by atoms with E-state index in [2.05, 4.69) is 5.10 Å². The number of ether oxygens (including phenoxy) is 1. The molecule has 0 fully saturated rings. The Bertz CT molecular complexity index is 561. The van der Waals surface area contributed by atoms with Crippen LogP contribution in [-0.4, -0.2) is 15.7 Å². The Labute approximate surface area is 123 Å². The zero-order valence-corrected chi connectivity index (χ0v) is 12.3. The van der Waals surface area contributed by atoms with Crippen molar-refractivity contribution in [3.63, 3.8) is 0 Å². The molecule has 0 saturated heterocycles. The number of esters is 1. The van der Waals surface area contributed by atoms with Crippen LogP contribution in [0.25, 0.3) is 0 Å². The first-order chi connectivity index (χ1) is 9.56. The van der Waals surface area contributed by atoms with Crippen LogP contribution in [0, 0.1) is 12.8 Å². The minimum Gasteiger partial charge on any atom is -0.461 e. The van der Waals surface area contributed by atoms with Crippen molar-refractivity contribution in [3.05, 3.63) is 52.8 Å². The molecule has 0 spiro atoms. The fourth-order valence-electron chi connectivity index (χ4n) is 1.81. The third-order valence-corrected chi connectivity index (χ3v) is 3.34. The van der Waals surface area contributed by atoms with E-state index in [1.165, 1.54) is 0 Å². The number of aromatic nitrogens is 2. The molecule has 1 aromatic carbocycles. The van der Waals surface area contributed by atoms with Crippen molar-refractivity contribution >= 4 is 17.6 Å². The van der Waals surface area contributed by atoms with Gasteiger partial charge in [-0.1, -0.05) is 48.9 Å². The van der Waals surface area contributed by atoms with E-state index < -0.39 is 0 Å². The Morgan fingerprint density at radius 1 is 1.40 bits per heavy atom. The summed E-state index contributed by atoms with van der Waals surface area (Å²) < 4.78 is 6.96. The standard InChI is InChI=1S/C15H17ClN2O2/c1-11(8-18-9-14(16)12(2)17-18)15(19)20-10-13-6-4-3-5-7-13/h3-7,9,11H,8,10H2,1-2H3. The smallest absolute Gasteiger partial charge is 0.310 e. The van der Waals surface area contributed by atoms with Gasteiger partial charge in [0, 0.05) is 6.20 Å². The SMILES string of the molecule is Cc1nn(CC(C)C(=O)OCc2ccccc2)cc1Cl. The number of carbonyl (C=O) groups excluding carboxylic acids is 1. The molecular weight excluding hydrogens is 276 g/mol. The highest BCUT2D eigenvalue weighted by atomic mass is 35.5. The molecule has 106 valence electrons. The van der Waals surface area contributed by atoms with Gasteiger partial charge in [-0.25, -0.2) is 0 Å². The van der Waals surface area contributed by atoms with Crippen molar-refractivity contribution in [2.75, 3.05) is 0 Å². The number of aryl methyl sites for hydroxylation is 1. The molecule has 0 amide bonds. The second-order valence-electron chi connectivity index (χ2n) is 4.78. The highest BCUT2D eigenvalue weighted by molar-refractivity contribution is 6.31. The predicted molar refractivity (Wildman–Crippen MR) is 77.4 cm³/mol. The van der Waals surface area contributed by atoms with E-state index in [9.17, 15) is 4.79 Å². The summed E-state index contributed by atoms with van der Waals surface area (Å²) in [5.41, 5.74) is 1.74. The van der Waals surface area contributed by atoms with Crippen LogP contribution in [0.4, 0.5) is 0 Å². The van der Waals surface area contributed by atoms with E-state index in [4.69, 9.17) is 16.3 Å². The molecule has 0 saturated carbocycles. The number of halogens is 1. The van der Waals surface area contributed by atoms with E-state index in [1.54, 1.807) is 10.9 Å². The van der Waals surface area contributed by atoms with Gasteiger partial charge in [0.1, 0.15) is 6.61 Å². The molecule has 0 bridgehead atoms. The summed E-state index contributed by atoms with van der Waals surface area (Å²) in [7, 11) is 0. The molecule has 1 heterocycles. The van der Waals surface area contributed by atoms with Gasteiger partial charge in [-0.2, -0.15) is 5.10 Å². The minimum atomic E-state index is -0.269. The fourth-order valence-corrected chi connectivity index (χ4v) is 1.96. The summed E-state index contributed by atoms with van der Waals surface area (Å²) in [5, 5.41) is 4.83. The first-order valence-electron chi connectivity index (χ1n) is 6.46. The molecule has 5 heteroatoms. The van der Waals surface area contributed by atoms with Gasteiger partial charge in [0.15, 0.2) is 0 Å². The van der Waals surface area contributed by atoms with E-state index in [0.717, 1.165) is 11.3 Å². The minimum absolute atomic E-state index is 0.238. The van der Waals surface area contributed by atoms with E-state index in [-0.39, 0.29) is 11.9 Å². The molecule has 0 aliphatic heterocycles. The van der Waals surface area contributed by atoms with Crippen LogP contribution in [0.3, 0.4) is 0 Å². The molecule has 1 atom stereocenters. The molecule has 1 aromatic heterocycles. The summed E-state index contributed by atoms with van der Waals surface area (Å²) in [6.07, 6.45) is 1.72. The molecular formula is C15H17ClN2O2. The van der Waals surface area contributed by atoms with Crippen LogP contribution in [0.2, 0.25) is 5.02 Å². The largest absolute Gasteiger partial charge is 0.461 e. The molecule has 4 nitrogen and oxygen atoms in total. The van der Waals surface area contributed by atoms with Gasteiger partial charge in [0.2, 0.25) is 0 Å². The predicted octanol–water partition coefficient (Wildman–Crippen LogP) is 3.22. The Balaban J connectivity index is 1.86. The fraction of sp³-hybridized carbons (Fsp3) is 0.333. The van der Waals surface area contributed by atoms with E-state index >= 15 is 0 Å². The maximum Gasteiger partial charge on any atom is 0.310 e. The summed E-state index contributed by atoms with van der Waals surface area (Å²) in [5.74, 6) is -0.507. The summed E-state index contributed by atoms with van der Waals surface area (Å²) in [6.45, 7) is 4.40. The lowest BCUT2D eigenvalue weighted by Crippen LogP contribution is -2.20. The number of benzene rings is 1. The average molecular weight is 293 g/mol. The van der Waals surface area contributed by atoms with Crippen molar-refractivity contribution in [3.8, 4) is 0 Å². The van der Waals surface area contributed by atoms with Crippen LogP contribution in [0.15, 0.2) is 36.5 Å². The van der Waals surface area contributed by atoms with Gasteiger partial charge in [0.25, 0.3) is 0 Å². The summed E-state index contributed by atoms with van der Waals surface area (Å²) >= 11 is 5.93. The molecule has 2 rings (SSSR count). The molecule has 0 aliphatic carbocycles. The zero-order chi connectivity index (χ0) is 14.5. The van der Waals surface area contributed by atoms with Crippen LogP contribution in [-0.2, 0) is 22.7 Å². The lowest BCUT2D eigenvalue weighted by Gasteiger charge is -2.11. The van der Waals surface area contributed by atoms with Gasteiger partial charge in [-0.05, 0) is 12.5 Å². The van der Waals surface area contributed by atoms with E-state index in [1.807, 2.05) is 44.2 Å². The van der Waals surface area contributed by atoms with Gasteiger partial charge in [0.05, 0.1) is 23.2 Å². The van der Waals surface area contributed by atoms with Gasteiger partial charge >= 0.3 is 5.97 Å². The number of hydrogen-bond donors (Lipinski definition) is 0. The Morgan fingerprint density at radius 3 is 2.70 bits per heavy atom. The number of rotatable bonds is 5. The second kappa shape index (κ2) is 6.57. The van der Waals surface area contributed by atoms with Crippen LogP contribution in [0.5, 0.6) is 0 Å². The highest BCUT2D eigenvalue weighted by Gasteiger charge is 2.16. The first-order valence-corrected chi connectivity index (χ1v) is 6.84. The van der Waals surface area contributed by atoms with Gasteiger partial charge in [-0.15, -0.1) is 0 Å².